The molecule has 0 atom stereocenters. The molecule has 146 valence electrons. The first-order chi connectivity index (χ1) is 13.2. The van der Waals surface area contributed by atoms with Crippen LogP contribution in [0, 0.1) is 6.92 Å². The quantitative estimate of drug-likeness (QED) is 0.710. The van der Waals surface area contributed by atoms with Crippen LogP contribution in [-0.2, 0) is 6.18 Å². The summed E-state index contributed by atoms with van der Waals surface area (Å²) in [5.41, 5.74) is 6.17. The maximum absolute atomic E-state index is 12.6. The number of anilines is 2. The van der Waals surface area contributed by atoms with Gasteiger partial charge in [0, 0.05) is 6.20 Å². The van der Waals surface area contributed by atoms with Crippen LogP contribution in [0.3, 0.4) is 0 Å². The van der Waals surface area contributed by atoms with Crippen LogP contribution in [0.15, 0.2) is 42.6 Å². The summed E-state index contributed by atoms with van der Waals surface area (Å²) in [7, 11) is 1.50. The first kappa shape index (κ1) is 19.2. The highest BCUT2D eigenvalue weighted by Crippen LogP contribution is 2.30. The van der Waals surface area contributed by atoms with Gasteiger partial charge in [-0.15, -0.1) is 0 Å². The Morgan fingerprint density at radius 3 is 2.54 bits per heavy atom. The highest BCUT2D eigenvalue weighted by Gasteiger charge is 2.31. The molecule has 0 aliphatic carbocycles. The molecular formula is C18H16F3N5O2. The molecule has 2 heterocycles. The Labute approximate surface area is 157 Å². The first-order valence-electron chi connectivity index (χ1n) is 8.05. The highest BCUT2D eigenvalue weighted by molar-refractivity contribution is 6.07. The van der Waals surface area contributed by atoms with Gasteiger partial charge in [-0.1, -0.05) is 12.1 Å². The van der Waals surface area contributed by atoms with Gasteiger partial charge in [0.2, 0.25) is 0 Å². The number of nitrogen functional groups attached to an aromatic ring is 1. The van der Waals surface area contributed by atoms with E-state index in [1.165, 1.54) is 11.8 Å². The molecule has 3 rings (SSSR count). The smallest absolute Gasteiger partial charge is 0.417 e. The molecule has 0 unspecified atom stereocenters. The number of hydrogen-bond acceptors (Lipinski definition) is 5. The average molecular weight is 391 g/mol. The number of benzene rings is 1. The van der Waals surface area contributed by atoms with Gasteiger partial charge in [-0.2, -0.15) is 18.3 Å². The van der Waals surface area contributed by atoms with E-state index in [-0.39, 0.29) is 17.2 Å². The van der Waals surface area contributed by atoms with Crippen LogP contribution in [0.25, 0.3) is 5.69 Å². The van der Waals surface area contributed by atoms with Crippen LogP contribution in [0.1, 0.15) is 21.6 Å². The molecule has 0 bridgehead atoms. The van der Waals surface area contributed by atoms with Crippen LogP contribution < -0.4 is 15.8 Å². The summed E-state index contributed by atoms with van der Waals surface area (Å²) < 4.78 is 44.5. The van der Waals surface area contributed by atoms with Crippen molar-refractivity contribution < 1.29 is 22.7 Å². The summed E-state index contributed by atoms with van der Waals surface area (Å²) >= 11 is 0. The van der Waals surface area contributed by atoms with Crippen molar-refractivity contribution in [2.45, 2.75) is 13.1 Å². The summed E-state index contributed by atoms with van der Waals surface area (Å²) in [5.74, 6) is -0.107. The van der Waals surface area contributed by atoms with Gasteiger partial charge >= 0.3 is 6.18 Å². The molecule has 0 saturated heterocycles. The molecule has 0 saturated carbocycles. The van der Waals surface area contributed by atoms with E-state index in [2.05, 4.69) is 15.4 Å². The number of aromatic nitrogens is 3. The molecular weight excluding hydrogens is 375 g/mol. The molecule has 10 heteroatoms. The number of carbonyl (C=O) groups excluding carboxylic acids is 1. The second-order valence-electron chi connectivity index (χ2n) is 5.81. The van der Waals surface area contributed by atoms with Crippen molar-refractivity contribution in [1.82, 2.24) is 14.8 Å². The Bertz CT molecular complexity index is 1010. The number of amides is 1. The Balaban J connectivity index is 1.90. The number of rotatable bonds is 4. The number of nitrogens with two attached hydrogens (primary N) is 1. The van der Waals surface area contributed by atoms with Crippen LogP contribution in [0.4, 0.5) is 24.8 Å². The maximum atomic E-state index is 12.6. The molecule has 3 aromatic rings. The molecule has 3 N–H and O–H groups in total. The third-order valence-electron chi connectivity index (χ3n) is 3.97. The first-order valence-corrected chi connectivity index (χ1v) is 8.05. The van der Waals surface area contributed by atoms with Crippen molar-refractivity contribution in [3.63, 3.8) is 0 Å². The van der Waals surface area contributed by atoms with Crippen LogP contribution >= 0.6 is 0 Å². The zero-order valence-corrected chi connectivity index (χ0v) is 14.9. The van der Waals surface area contributed by atoms with Crippen molar-refractivity contribution in [3.05, 3.63) is 59.4 Å². The van der Waals surface area contributed by atoms with Crippen molar-refractivity contribution in [1.29, 1.82) is 0 Å². The summed E-state index contributed by atoms with van der Waals surface area (Å²) in [4.78, 5) is 16.2. The number of alkyl halides is 3. The lowest BCUT2D eigenvalue weighted by atomic mass is 10.2. The molecule has 0 fully saturated rings. The number of nitrogens with zero attached hydrogens (tertiary/aromatic N) is 3. The Morgan fingerprint density at radius 1 is 1.21 bits per heavy atom. The van der Waals surface area contributed by atoms with Gasteiger partial charge in [0.15, 0.2) is 0 Å². The third kappa shape index (κ3) is 3.61. The minimum Gasteiger partial charge on any atom is -0.494 e. The zero-order valence-electron chi connectivity index (χ0n) is 14.9. The van der Waals surface area contributed by atoms with Crippen LogP contribution in [-0.4, -0.2) is 27.8 Å². The summed E-state index contributed by atoms with van der Waals surface area (Å²) in [6, 6.07) is 8.88. The van der Waals surface area contributed by atoms with Crippen LogP contribution in [0.5, 0.6) is 5.75 Å². The Kier molecular flexibility index (Phi) is 4.95. The molecule has 1 amide bonds. The fourth-order valence-corrected chi connectivity index (χ4v) is 2.63. The minimum absolute atomic E-state index is 0.0400. The fourth-order valence-electron chi connectivity index (χ4n) is 2.63. The summed E-state index contributed by atoms with van der Waals surface area (Å²) in [5, 5.41) is 6.71. The highest BCUT2D eigenvalue weighted by atomic mass is 19.4. The van der Waals surface area contributed by atoms with Gasteiger partial charge in [-0.05, 0) is 31.2 Å². The molecule has 0 spiro atoms. The molecule has 0 aliphatic rings. The number of methoxy groups -OCH3 is 1. The van der Waals surface area contributed by atoms with E-state index in [0.717, 1.165) is 12.1 Å². The number of para-hydroxylation sites is 2. The van der Waals surface area contributed by atoms with Crippen molar-refractivity contribution in [2.75, 3.05) is 18.2 Å². The standard InChI is InChI=1S/C18H16F3N5O2/c1-10-15(16(22)26(25-10)12-5-3-4-6-13(12)28-2)17(27)24-14-8-7-11(9-23-14)18(19,20)21/h3-9H,22H2,1-2H3,(H,23,24,27). The van der Waals surface area contributed by atoms with Crippen molar-refractivity contribution in [3.8, 4) is 11.4 Å². The van der Waals surface area contributed by atoms with Gasteiger partial charge in [-0.25, -0.2) is 9.67 Å². The Morgan fingerprint density at radius 2 is 1.93 bits per heavy atom. The van der Waals surface area contributed by atoms with Crippen LogP contribution in [0.2, 0.25) is 0 Å². The number of aryl methyl sites for hydroxylation is 1. The average Bonchev–Trinajstić information content (AvgIpc) is 2.95. The predicted molar refractivity (Wildman–Crippen MR) is 96.5 cm³/mol. The lowest BCUT2D eigenvalue weighted by Gasteiger charge is -2.10. The lowest BCUT2D eigenvalue weighted by Crippen LogP contribution is -2.16. The fraction of sp³-hybridized carbons (Fsp3) is 0.167. The second-order valence-corrected chi connectivity index (χ2v) is 5.81. The summed E-state index contributed by atoms with van der Waals surface area (Å²) in [6.45, 7) is 1.59. The lowest BCUT2D eigenvalue weighted by molar-refractivity contribution is -0.137. The number of ether oxygens (including phenoxy) is 1. The van der Waals surface area contributed by atoms with Gasteiger partial charge in [-0.3, -0.25) is 4.79 Å². The van der Waals surface area contributed by atoms with E-state index in [1.807, 2.05) is 0 Å². The largest absolute Gasteiger partial charge is 0.494 e. The number of hydrogen-bond donors (Lipinski definition) is 2. The molecule has 0 radical (unpaired) electrons. The van der Waals surface area contributed by atoms with Gasteiger partial charge < -0.3 is 15.8 Å². The normalized spacial score (nSPS) is 11.3. The number of nitrogens with one attached hydrogen (secondary N) is 1. The van der Waals surface area contributed by atoms with E-state index in [0.29, 0.717) is 23.3 Å². The monoisotopic (exact) mass is 391 g/mol. The van der Waals surface area contributed by atoms with Crippen molar-refractivity contribution in [2.24, 2.45) is 0 Å². The summed E-state index contributed by atoms with van der Waals surface area (Å²) in [6.07, 6.45) is -3.86. The number of halogens is 3. The SMILES string of the molecule is COc1ccccc1-n1nc(C)c(C(=O)Nc2ccc(C(F)(F)F)cn2)c1N. The minimum atomic E-state index is -4.51. The van der Waals surface area contributed by atoms with Crippen molar-refractivity contribution >= 4 is 17.5 Å². The number of carbonyl (C=O) groups is 1. The second kappa shape index (κ2) is 7.22. The number of pyridine rings is 1. The molecule has 1 aromatic carbocycles. The molecule has 0 aliphatic heterocycles. The van der Waals surface area contributed by atoms with E-state index in [9.17, 15) is 18.0 Å². The third-order valence-corrected chi connectivity index (χ3v) is 3.97. The maximum Gasteiger partial charge on any atom is 0.417 e. The van der Waals surface area contributed by atoms with Gasteiger partial charge in [0.25, 0.3) is 5.91 Å². The van der Waals surface area contributed by atoms with E-state index in [4.69, 9.17) is 10.5 Å². The predicted octanol–water partition coefficient (Wildman–Crippen LogP) is 3.44. The van der Waals surface area contributed by atoms with E-state index < -0.39 is 17.6 Å². The molecule has 7 nitrogen and oxygen atoms in total. The Hall–Kier alpha value is -3.56. The molecule has 28 heavy (non-hydrogen) atoms. The van der Waals surface area contributed by atoms with Gasteiger partial charge in [0.05, 0.1) is 18.4 Å². The van der Waals surface area contributed by atoms with E-state index >= 15 is 0 Å². The van der Waals surface area contributed by atoms with E-state index in [1.54, 1.807) is 31.2 Å². The zero-order chi connectivity index (χ0) is 20.5. The van der Waals surface area contributed by atoms with Gasteiger partial charge in [0.1, 0.15) is 28.6 Å². The topological polar surface area (TPSA) is 95.1 Å². The molecule has 2 aromatic heterocycles.